The quantitative estimate of drug-likeness (QED) is 0.451. The number of hydrogen-bond acceptors (Lipinski definition) is 6. The number of piperidine rings is 1. The lowest BCUT2D eigenvalue weighted by atomic mass is 9.73. The molecular formula is C26H36N3O5+. The molecule has 2 heterocycles. The normalized spacial score (nSPS) is 25.3. The number of nitrogens with one attached hydrogen (secondary N) is 1. The average Bonchev–Trinajstić information content (AvgIpc) is 3.38. The van der Waals surface area contributed by atoms with Gasteiger partial charge in [-0.25, -0.2) is 4.79 Å². The van der Waals surface area contributed by atoms with Crippen molar-refractivity contribution in [2.24, 2.45) is 5.92 Å². The van der Waals surface area contributed by atoms with Crippen molar-refractivity contribution >= 4 is 17.7 Å². The predicted molar refractivity (Wildman–Crippen MR) is 127 cm³/mol. The summed E-state index contributed by atoms with van der Waals surface area (Å²) in [7, 11) is 2.13. The number of carbonyl (C=O) groups is 2. The van der Waals surface area contributed by atoms with Crippen LogP contribution < -0.4 is 5.32 Å². The molecule has 2 N–H and O–H groups in total. The average molecular weight is 471 g/mol. The van der Waals surface area contributed by atoms with Crippen LogP contribution in [-0.4, -0.2) is 59.4 Å². The largest absolute Gasteiger partial charge is 0.460 e. The third-order valence-electron chi connectivity index (χ3n) is 7.56. The van der Waals surface area contributed by atoms with E-state index in [1.165, 1.54) is 6.26 Å². The molecule has 1 atom stereocenters. The van der Waals surface area contributed by atoms with Crippen molar-refractivity contribution < 1.29 is 28.4 Å². The minimum absolute atomic E-state index is 0.0952. The van der Waals surface area contributed by atoms with Gasteiger partial charge in [-0.1, -0.05) is 54.8 Å². The number of esters is 1. The lowest BCUT2D eigenvalue weighted by Gasteiger charge is -2.42. The van der Waals surface area contributed by atoms with Crippen LogP contribution in [0.4, 0.5) is 5.82 Å². The number of benzene rings is 1. The fourth-order valence-electron chi connectivity index (χ4n) is 5.34. The highest BCUT2D eigenvalue weighted by Gasteiger charge is 2.48. The van der Waals surface area contributed by atoms with Gasteiger partial charge in [0, 0.05) is 24.8 Å². The first-order valence-corrected chi connectivity index (χ1v) is 12.4. The molecule has 2 aliphatic rings. The van der Waals surface area contributed by atoms with Gasteiger partial charge in [-0.15, -0.1) is 0 Å². The van der Waals surface area contributed by atoms with E-state index in [0.29, 0.717) is 37.2 Å². The fourth-order valence-corrected chi connectivity index (χ4v) is 5.34. The van der Waals surface area contributed by atoms with Crippen molar-refractivity contribution in [2.45, 2.75) is 63.1 Å². The molecule has 1 saturated heterocycles. The van der Waals surface area contributed by atoms with Crippen LogP contribution in [0.5, 0.6) is 0 Å². The van der Waals surface area contributed by atoms with Crippen molar-refractivity contribution in [2.75, 3.05) is 32.0 Å². The Balaban J connectivity index is 1.33. The number of likely N-dealkylation sites (tertiary alicyclic amines) is 1. The molecule has 2 fully saturated rings. The van der Waals surface area contributed by atoms with E-state index in [0.717, 1.165) is 49.7 Å². The Morgan fingerprint density at radius 2 is 1.82 bits per heavy atom. The fraction of sp³-hybridized carbons (Fsp3) is 0.577. The van der Waals surface area contributed by atoms with Crippen molar-refractivity contribution in [3.63, 3.8) is 0 Å². The first-order chi connectivity index (χ1) is 16.4. The Bertz CT molecular complexity index is 935. The van der Waals surface area contributed by atoms with Crippen LogP contribution in [0.1, 0.15) is 56.9 Å². The predicted octanol–water partition coefficient (Wildman–Crippen LogP) is 3.62. The Hall–Kier alpha value is -2.71. The number of rotatable bonds is 8. The highest BCUT2D eigenvalue weighted by Crippen LogP contribution is 2.41. The molecule has 1 aromatic carbocycles. The van der Waals surface area contributed by atoms with Crippen molar-refractivity contribution in [1.29, 1.82) is 0 Å². The summed E-state index contributed by atoms with van der Waals surface area (Å²) in [5, 5.41) is 18.2. The standard InChI is InChI=1S/C26H35N3O5/c1-29(18-14-24(30)27-23-15-19-33-28-23)16-12-22(13-17-29)34-25(31)26(32,20-8-4-2-5-9-20)21-10-6-3-7-11-21/h2,4-5,8-9,15,19,21-22,32H,3,6-7,10-14,16-18H2,1H3/p+1. The van der Waals surface area contributed by atoms with Gasteiger partial charge in [-0.3, -0.25) is 4.79 Å². The zero-order chi connectivity index (χ0) is 24.0. The number of amides is 1. The molecule has 1 unspecified atom stereocenters. The molecule has 1 saturated carbocycles. The SMILES string of the molecule is C[N+]1(CCC(=O)Nc2ccon2)CCC(OC(=O)C(O)(c2ccccc2)C2CCCCC2)CC1. The van der Waals surface area contributed by atoms with E-state index in [2.05, 4.69) is 17.5 Å². The number of carbonyl (C=O) groups excluding carboxylic acids is 2. The lowest BCUT2D eigenvalue weighted by Crippen LogP contribution is -2.53. The Morgan fingerprint density at radius 3 is 2.47 bits per heavy atom. The maximum Gasteiger partial charge on any atom is 0.343 e. The molecule has 8 heteroatoms. The van der Waals surface area contributed by atoms with Gasteiger partial charge < -0.3 is 24.2 Å². The molecule has 0 radical (unpaired) electrons. The van der Waals surface area contributed by atoms with E-state index in [1.807, 2.05) is 30.3 Å². The van der Waals surface area contributed by atoms with Crippen molar-refractivity contribution in [3.8, 4) is 0 Å². The Labute approximate surface area is 200 Å². The molecule has 4 rings (SSSR count). The van der Waals surface area contributed by atoms with E-state index in [1.54, 1.807) is 6.07 Å². The second-order valence-electron chi connectivity index (χ2n) is 10.0. The van der Waals surface area contributed by atoms with Gasteiger partial charge in [0.15, 0.2) is 11.4 Å². The summed E-state index contributed by atoms with van der Waals surface area (Å²) in [5.74, 6) is -0.313. The summed E-state index contributed by atoms with van der Waals surface area (Å²) in [5.41, 5.74) is -0.974. The highest BCUT2D eigenvalue weighted by molar-refractivity contribution is 5.89. The summed E-state index contributed by atoms with van der Waals surface area (Å²) in [4.78, 5) is 25.6. The molecular weight excluding hydrogens is 434 g/mol. The maximum atomic E-state index is 13.4. The topological polar surface area (TPSA) is 102 Å². The second-order valence-corrected chi connectivity index (χ2v) is 10.0. The molecule has 0 spiro atoms. The van der Waals surface area contributed by atoms with Gasteiger partial charge in [-0.05, 0) is 18.4 Å². The van der Waals surface area contributed by atoms with Gasteiger partial charge >= 0.3 is 5.97 Å². The molecule has 0 bridgehead atoms. The smallest absolute Gasteiger partial charge is 0.343 e. The van der Waals surface area contributed by atoms with Gasteiger partial charge in [0.2, 0.25) is 5.91 Å². The van der Waals surface area contributed by atoms with Gasteiger partial charge in [-0.2, -0.15) is 0 Å². The van der Waals surface area contributed by atoms with Crippen LogP contribution >= 0.6 is 0 Å². The van der Waals surface area contributed by atoms with Crippen molar-refractivity contribution in [3.05, 3.63) is 48.2 Å². The van der Waals surface area contributed by atoms with E-state index in [-0.39, 0.29) is 17.9 Å². The number of anilines is 1. The van der Waals surface area contributed by atoms with Crippen LogP contribution in [0.25, 0.3) is 0 Å². The lowest BCUT2D eigenvalue weighted by molar-refractivity contribution is -0.914. The summed E-state index contributed by atoms with van der Waals surface area (Å²) in [6, 6.07) is 10.9. The molecule has 2 aromatic rings. The third kappa shape index (κ3) is 5.67. The van der Waals surface area contributed by atoms with Crippen molar-refractivity contribution in [1.82, 2.24) is 5.16 Å². The molecule has 8 nitrogen and oxygen atoms in total. The number of nitrogens with zero attached hydrogens (tertiary/aromatic N) is 2. The first kappa shape index (κ1) is 24.4. The Kier molecular flexibility index (Phi) is 7.68. The first-order valence-electron chi connectivity index (χ1n) is 12.4. The van der Waals surface area contributed by atoms with E-state index in [4.69, 9.17) is 9.26 Å². The second kappa shape index (κ2) is 10.7. The van der Waals surface area contributed by atoms with Gasteiger partial charge in [0.25, 0.3) is 0 Å². The van der Waals surface area contributed by atoms with Crippen LogP contribution in [-0.2, 0) is 19.9 Å². The Morgan fingerprint density at radius 1 is 1.12 bits per heavy atom. The monoisotopic (exact) mass is 470 g/mol. The minimum atomic E-state index is -1.60. The summed E-state index contributed by atoms with van der Waals surface area (Å²) in [6.45, 7) is 2.31. The number of hydrogen-bond donors (Lipinski definition) is 2. The summed E-state index contributed by atoms with van der Waals surface area (Å²) >= 11 is 0. The van der Waals surface area contributed by atoms with Crippen LogP contribution in [0.15, 0.2) is 47.2 Å². The van der Waals surface area contributed by atoms with Crippen LogP contribution in [0, 0.1) is 5.92 Å². The number of ether oxygens (including phenoxy) is 1. The van der Waals surface area contributed by atoms with Gasteiger partial charge in [0.1, 0.15) is 12.4 Å². The number of quaternary nitrogens is 1. The molecule has 1 aliphatic carbocycles. The highest BCUT2D eigenvalue weighted by atomic mass is 16.6. The third-order valence-corrected chi connectivity index (χ3v) is 7.56. The summed E-state index contributed by atoms with van der Waals surface area (Å²) < 4.78 is 11.4. The molecule has 34 heavy (non-hydrogen) atoms. The van der Waals surface area contributed by atoms with Crippen LogP contribution in [0.3, 0.4) is 0 Å². The maximum absolute atomic E-state index is 13.4. The molecule has 1 aliphatic heterocycles. The zero-order valence-corrected chi connectivity index (χ0v) is 19.9. The molecule has 184 valence electrons. The molecule has 1 aromatic heterocycles. The number of aromatic nitrogens is 1. The van der Waals surface area contributed by atoms with Crippen LogP contribution in [0.2, 0.25) is 0 Å². The van der Waals surface area contributed by atoms with E-state index in [9.17, 15) is 14.7 Å². The summed E-state index contributed by atoms with van der Waals surface area (Å²) in [6.07, 6.45) is 7.85. The zero-order valence-electron chi connectivity index (χ0n) is 19.9. The van der Waals surface area contributed by atoms with E-state index < -0.39 is 11.6 Å². The molecule has 1 amide bonds. The van der Waals surface area contributed by atoms with E-state index >= 15 is 0 Å². The number of aliphatic hydroxyl groups is 1. The van der Waals surface area contributed by atoms with Gasteiger partial charge in [0.05, 0.1) is 33.1 Å². The minimum Gasteiger partial charge on any atom is -0.460 e.